The van der Waals surface area contributed by atoms with E-state index >= 15 is 0 Å². The number of guanidine groups is 1. The highest BCUT2D eigenvalue weighted by molar-refractivity contribution is 5.76. The lowest BCUT2D eigenvalue weighted by Crippen LogP contribution is -2.46. The number of unbranched alkanes of at least 4 members (excludes halogenated alkanes) is 1. The second-order valence-electron chi connectivity index (χ2n) is 2.30. The first kappa shape index (κ1) is 11.6. The molecule has 0 amide bonds. The van der Waals surface area contributed by atoms with Crippen LogP contribution in [0, 0.1) is 10.1 Å². The highest BCUT2D eigenvalue weighted by atomic mass is 16.7. The Morgan fingerprint density at radius 3 is 2.85 bits per heavy atom. The van der Waals surface area contributed by atoms with E-state index in [0.29, 0.717) is 6.54 Å². The quantitative estimate of drug-likeness (QED) is 0.233. The van der Waals surface area contributed by atoms with Gasteiger partial charge in [-0.1, -0.05) is 13.3 Å². The highest BCUT2D eigenvalue weighted by Crippen LogP contribution is 1.90. The molecule has 8 heteroatoms. The molecule has 0 aromatic heterocycles. The fourth-order valence-electron chi connectivity index (χ4n) is 0.670. The summed E-state index contributed by atoms with van der Waals surface area (Å²) in [5.41, 5.74) is 6.90. The molecule has 0 aliphatic heterocycles. The maximum atomic E-state index is 9.91. The third kappa shape index (κ3) is 4.93. The van der Waals surface area contributed by atoms with Gasteiger partial charge < -0.3 is 5.73 Å². The van der Waals surface area contributed by atoms with Crippen LogP contribution >= 0.6 is 0 Å². The summed E-state index contributed by atoms with van der Waals surface area (Å²) in [6, 6.07) is 0. The van der Waals surface area contributed by atoms with Gasteiger partial charge in [0.2, 0.25) is 0 Å². The van der Waals surface area contributed by atoms with Crippen LogP contribution in [0.3, 0.4) is 0 Å². The van der Waals surface area contributed by atoms with Crippen molar-refractivity contribution in [1.29, 1.82) is 0 Å². The third-order valence-electron chi connectivity index (χ3n) is 1.32. The van der Waals surface area contributed by atoms with Crippen molar-refractivity contribution >= 4 is 5.96 Å². The molecule has 76 valence electrons. The Hall–Kier alpha value is -1.41. The van der Waals surface area contributed by atoms with Gasteiger partial charge >= 0.3 is 0 Å². The first-order valence-electron chi connectivity index (χ1n) is 3.77. The van der Waals surface area contributed by atoms with E-state index in [-0.39, 0.29) is 5.96 Å². The molecule has 0 atom stereocenters. The van der Waals surface area contributed by atoms with Gasteiger partial charge in [-0.05, 0) is 6.42 Å². The molecule has 13 heavy (non-hydrogen) atoms. The molecule has 0 aromatic rings. The molecule has 0 saturated carbocycles. The van der Waals surface area contributed by atoms with Gasteiger partial charge in [-0.15, -0.1) is 5.59 Å². The van der Waals surface area contributed by atoms with Crippen molar-refractivity contribution in [2.45, 2.75) is 19.8 Å². The van der Waals surface area contributed by atoms with Crippen molar-refractivity contribution in [3.8, 4) is 0 Å². The van der Waals surface area contributed by atoms with Gasteiger partial charge in [0.1, 0.15) is 5.10 Å². The second-order valence-corrected chi connectivity index (χ2v) is 2.30. The molecule has 0 aliphatic carbocycles. The summed E-state index contributed by atoms with van der Waals surface area (Å²) in [6.45, 7) is 2.30. The Balaban J connectivity index is 4.13. The molecule has 0 spiro atoms. The minimum Gasteiger partial charge on any atom is -0.363 e. The number of hydrazone groups is 1. The van der Waals surface area contributed by atoms with E-state index in [1.165, 1.54) is 0 Å². The zero-order valence-electron chi connectivity index (χ0n) is 7.30. The molecule has 0 aromatic carbocycles. The summed E-state index contributed by atoms with van der Waals surface area (Å²) in [5.74, 6) is -0.374. The van der Waals surface area contributed by atoms with Crippen LogP contribution in [0.15, 0.2) is 5.10 Å². The summed E-state index contributed by atoms with van der Waals surface area (Å²) >= 11 is 0. The molecule has 8 nitrogen and oxygen atoms in total. The number of nitrogens with one attached hydrogen (secondary N) is 1. The number of hydrazine groups is 1. The van der Waals surface area contributed by atoms with Gasteiger partial charge in [0.05, 0.1) is 0 Å². The monoisotopic (exact) mass is 191 g/mol. The molecule has 0 radical (unpaired) electrons. The van der Waals surface area contributed by atoms with E-state index in [9.17, 15) is 10.1 Å². The number of nitrogens with two attached hydrogens (primary N) is 1. The zero-order valence-corrected chi connectivity index (χ0v) is 7.30. The predicted molar refractivity (Wildman–Crippen MR) is 45.2 cm³/mol. The van der Waals surface area contributed by atoms with Crippen molar-refractivity contribution in [1.82, 2.24) is 10.6 Å². The van der Waals surface area contributed by atoms with E-state index in [2.05, 4.69) is 5.10 Å². The van der Waals surface area contributed by atoms with Crippen LogP contribution in [0.1, 0.15) is 19.8 Å². The largest absolute Gasteiger partial charge is 0.363 e. The number of hydrogen-bond acceptors (Lipinski definition) is 4. The lowest BCUT2D eigenvalue weighted by molar-refractivity contribution is -0.486. The smallest absolute Gasteiger partial charge is 0.284 e. The molecule has 0 unspecified atom stereocenters. The van der Waals surface area contributed by atoms with Crippen LogP contribution in [-0.4, -0.2) is 27.8 Å². The fourth-order valence-corrected chi connectivity index (χ4v) is 0.670. The first-order valence-corrected chi connectivity index (χ1v) is 3.77. The molecular weight excluding hydrogens is 178 g/mol. The summed E-state index contributed by atoms with van der Waals surface area (Å²) < 4.78 is 0. The summed E-state index contributed by atoms with van der Waals surface area (Å²) in [7, 11) is 0. The normalized spacial score (nSPS) is 11.4. The fraction of sp³-hybridized carbons (Fsp3) is 0.800. The Morgan fingerprint density at radius 2 is 2.46 bits per heavy atom. The van der Waals surface area contributed by atoms with Crippen molar-refractivity contribution in [3.63, 3.8) is 0 Å². The molecule has 0 fully saturated rings. The average molecular weight is 191 g/mol. The van der Waals surface area contributed by atoms with Crippen LogP contribution in [0.2, 0.25) is 0 Å². The standard InChI is InChI=1S/C5H13N5O3/c1-2-3-4-9(8-11)5(6)7-10(12)13/h8,11H,2-4H2,1H3,(H2,6,7). The van der Waals surface area contributed by atoms with Crippen LogP contribution in [-0.2, 0) is 0 Å². The maximum Gasteiger partial charge on any atom is 0.284 e. The Bertz CT molecular complexity index is 195. The van der Waals surface area contributed by atoms with Gasteiger partial charge in [0.15, 0.2) is 5.03 Å². The highest BCUT2D eigenvalue weighted by Gasteiger charge is 2.09. The molecule has 4 N–H and O–H groups in total. The van der Waals surface area contributed by atoms with Crippen LogP contribution in [0.4, 0.5) is 0 Å². The summed E-state index contributed by atoms with van der Waals surface area (Å²) in [6.07, 6.45) is 1.62. The van der Waals surface area contributed by atoms with Crippen molar-refractivity contribution in [2.75, 3.05) is 6.54 Å². The Labute approximate surface area is 75.1 Å². The SMILES string of the molecule is CCCCN(NO)C(N)=N[N+](=O)[O-]. The second kappa shape index (κ2) is 6.14. The molecular formula is C5H13N5O3. The summed E-state index contributed by atoms with van der Waals surface area (Å²) in [5, 5.41) is 21.3. The molecule has 0 saturated heterocycles. The van der Waals surface area contributed by atoms with Crippen LogP contribution < -0.4 is 11.3 Å². The number of nitrogens with zero attached hydrogens (tertiary/aromatic N) is 3. The molecule has 0 rings (SSSR count). The average Bonchev–Trinajstić information content (AvgIpc) is 2.04. The third-order valence-corrected chi connectivity index (χ3v) is 1.32. The van der Waals surface area contributed by atoms with Crippen LogP contribution in [0.25, 0.3) is 0 Å². The Morgan fingerprint density at radius 1 is 1.85 bits per heavy atom. The number of hydrogen-bond donors (Lipinski definition) is 3. The predicted octanol–water partition coefficient (Wildman–Crippen LogP) is -0.511. The van der Waals surface area contributed by atoms with Gasteiger partial charge in [-0.2, -0.15) is 0 Å². The van der Waals surface area contributed by atoms with Crippen LogP contribution in [0.5, 0.6) is 0 Å². The van der Waals surface area contributed by atoms with E-state index < -0.39 is 5.03 Å². The minimum absolute atomic E-state index is 0.357. The van der Waals surface area contributed by atoms with Gasteiger partial charge in [-0.3, -0.25) is 10.2 Å². The molecule has 0 bridgehead atoms. The van der Waals surface area contributed by atoms with Gasteiger partial charge in [-0.25, -0.2) is 10.1 Å². The Kier molecular flexibility index (Phi) is 5.48. The number of nitro groups is 1. The molecule has 0 aliphatic rings. The molecule has 0 heterocycles. The maximum absolute atomic E-state index is 9.91. The first-order chi connectivity index (χ1) is 6.11. The van der Waals surface area contributed by atoms with E-state index in [4.69, 9.17) is 10.9 Å². The summed E-state index contributed by atoms with van der Waals surface area (Å²) in [4.78, 5) is 9.91. The van der Waals surface area contributed by atoms with Gasteiger partial charge in [0, 0.05) is 6.54 Å². The van der Waals surface area contributed by atoms with E-state index in [0.717, 1.165) is 17.9 Å². The van der Waals surface area contributed by atoms with E-state index in [1.54, 1.807) is 5.59 Å². The van der Waals surface area contributed by atoms with Gasteiger partial charge in [0.25, 0.3) is 5.96 Å². The van der Waals surface area contributed by atoms with Crippen molar-refractivity contribution in [3.05, 3.63) is 10.1 Å². The topological polar surface area (TPSA) is 117 Å². The van der Waals surface area contributed by atoms with Crippen molar-refractivity contribution < 1.29 is 10.2 Å². The minimum atomic E-state index is -0.925. The number of rotatable bonds is 5. The lowest BCUT2D eigenvalue weighted by atomic mass is 10.3. The lowest BCUT2D eigenvalue weighted by Gasteiger charge is -2.17. The zero-order chi connectivity index (χ0) is 10.3. The van der Waals surface area contributed by atoms with E-state index in [1.807, 2.05) is 6.92 Å². The van der Waals surface area contributed by atoms with Crippen molar-refractivity contribution in [2.24, 2.45) is 10.8 Å².